The quantitative estimate of drug-likeness (QED) is 0.728. The minimum Gasteiger partial charge on any atom is -0.399 e. The topological polar surface area (TPSA) is 64.3 Å². The minimum atomic E-state index is -0.132. The summed E-state index contributed by atoms with van der Waals surface area (Å²) in [5.74, 6) is -0.132. The van der Waals surface area contributed by atoms with Crippen molar-refractivity contribution < 1.29 is 9.53 Å². The zero-order valence-corrected chi connectivity index (χ0v) is 8.99. The molecule has 0 saturated heterocycles. The lowest BCUT2D eigenvalue weighted by Crippen LogP contribution is -2.29. The second-order valence-corrected chi connectivity index (χ2v) is 3.39. The molecule has 1 aromatic carbocycles. The molecule has 0 aromatic heterocycles. The van der Waals surface area contributed by atoms with Crippen molar-refractivity contribution in [1.82, 2.24) is 5.32 Å². The maximum atomic E-state index is 11.2. The lowest BCUT2D eigenvalue weighted by Gasteiger charge is -2.14. The molecule has 0 saturated carbocycles. The summed E-state index contributed by atoms with van der Waals surface area (Å²) >= 11 is 0. The van der Waals surface area contributed by atoms with Crippen LogP contribution in [0.4, 0.5) is 5.69 Å². The number of benzene rings is 1. The SMILES string of the molecule is COCC(=O)NC(C)c1cccc(N)c1. The Hall–Kier alpha value is -1.55. The van der Waals surface area contributed by atoms with E-state index in [1.54, 1.807) is 0 Å². The Labute approximate surface area is 89.4 Å². The molecular weight excluding hydrogens is 192 g/mol. The zero-order chi connectivity index (χ0) is 11.3. The highest BCUT2D eigenvalue weighted by Gasteiger charge is 2.08. The molecule has 4 heteroatoms. The van der Waals surface area contributed by atoms with Crippen LogP contribution in [-0.2, 0) is 9.53 Å². The van der Waals surface area contributed by atoms with E-state index in [1.165, 1.54) is 7.11 Å². The van der Waals surface area contributed by atoms with Gasteiger partial charge in [-0.15, -0.1) is 0 Å². The van der Waals surface area contributed by atoms with Gasteiger partial charge in [-0.1, -0.05) is 12.1 Å². The third-order valence-electron chi connectivity index (χ3n) is 2.06. The van der Waals surface area contributed by atoms with E-state index in [4.69, 9.17) is 10.5 Å². The molecule has 1 atom stereocenters. The Balaban J connectivity index is 2.60. The molecule has 1 aromatic rings. The van der Waals surface area contributed by atoms with E-state index in [2.05, 4.69) is 5.32 Å². The van der Waals surface area contributed by atoms with Crippen molar-refractivity contribution in [2.45, 2.75) is 13.0 Å². The molecule has 0 radical (unpaired) electrons. The highest BCUT2D eigenvalue weighted by atomic mass is 16.5. The number of anilines is 1. The van der Waals surface area contributed by atoms with Gasteiger partial charge in [-0.05, 0) is 24.6 Å². The number of nitrogens with one attached hydrogen (secondary N) is 1. The van der Waals surface area contributed by atoms with E-state index in [-0.39, 0.29) is 18.6 Å². The molecule has 0 aliphatic rings. The van der Waals surface area contributed by atoms with Crippen LogP contribution < -0.4 is 11.1 Å². The first-order valence-corrected chi connectivity index (χ1v) is 4.77. The van der Waals surface area contributed by atoms with Crippen LogP contribution in [0, 0.1) is 0 Å². The zero-order valence-electron chi connectivity index (χ0n) is 8.99. The highest BCUT2D eigenvalue weighted by molar-refractivity contribution is 5.77. The Morgan fingerprint density at radius 1 is 1.60 bits per heavy atom. The van der Waals surface area contributed by atoms with Crippen molar-refractivity contribution in [3.05, 3.63) is 29.8 Å². The van der Waals surface area contributed by atoms with Crippen LogP contribution in [0.15, 0.2) is 24.3 Å². The maximum absolute atomic E-state index is 11.2. The summed E-state index contributed by atoms with van der Waals surface area (Å²) in [6.07, 6.45) is 0. The Kier molecular flexibility index (Phi) is 4.12. The lowest BCUT2D eigenvalue weighted by molar-refractivity contribution is -0.125. The van der Waals surface area contributed by atoms with E-state index < -0.39 is 0 Å². The number of methoxy groups -OCH3 is 1. The maximum Gasteiger partial charge on any atom is 0.246 e. The van der Waals surface area contributed by atoms with Crippen LogP contribution in [0.2, 0.25) is 0 Å². The van der Waals surface area contributed by atoms with E-state index in [0.717, 1.165) is 5.56 Å². The molecule has 0 fully saturated rings. The van der Waals surface area contributed by atoms with Gasteiger partial charge in [0.2, 0.25) is 5.91 Å². The third-order valence-corrected chi connectivity index (χ3v) is 2.06. The smallest absolute Gasteiger partial charge is 0.246 e. The third kappa shape index (κ3) is 3.59. The number of hydrogen-bond donors (Lipinski definition) is 2. The number of rotatable bonds is 4. The molecule has 1 unspecified atom stereocenters. The number of amides is 1. The minimum absolute atomic E-state index is 0.0591. The van der Waals surface area contributed by atoms with Crippen molar-refractivity contribution in [2.75, 3.05) is 19.5 Å². The van der Waals surface area contributed by atoms with Crippen LogP contribution in [0.25, 0.3) is 0 Å². The van der Waals surface area contributed by atoms with Gasteiger partial charge in [0.25, 0.3) is 0 Å². The first-order chi connectivity index (χ1) is 7.13. The number of nitrogen functional groups attached to an aromatic ring is 1. The average molecular weight is 208 g/mol. The Bertz CT molecular complexity index is 339. The fourth-order valence-corrected chi connectivity index (χ4v) is 1.33. The summed E-state index contributed by atoms with van der Waals surface area (Å²) in [6, 6.07) is 7.39. The Morgan fingerprint density at radius 2 is 2.33 bits per heavy atom. The summed E-state index contributed by atoms with van der Waals surface area (Å²) in [4.78, 5) is 11.2. The molecule has 15 heavy (non-hydrogen) atoms. The monoisotopic (exact) mass is 208 g/mol. The average Bonchev–Trinajstić information content (AvgIpc) is 2.18. The predicted octanol–water partition coefficient (Wildman–Crippen LogP) is 1.09. The largest absolute Gasteiger partial charge is 0.399 e. The number of nitrogens with two attached hydrogens (primary N) is 1. The molecule has 0 bridgehead atoms. The second kappa shape index (κ2) is 5.36. The summed E-state index contributed by atoms with van der Waals surface area (Å²) in [6.45, 7) is 1.98. The van der Waals surface area contributed by atoms with Gasteiger partial charge in [-0.25, -0.2) is 0 Å². The van der Waals surface area contributed by atoms with E-state index in [0.29, 0.717) is 5.69 Å². The highest BCUT2D eigenvalue weighted by Crippen LogP contribution is 2.14. The Morgan fingerprint density at radius 3 is 2.93 bits per heavy atom. The number of hydrogen-bond acceptors (Lipinski definition) is 3. The summed E-state index contributed by atoms with van der Waals surface area (Å²) in [5.41, 5.74) is 7.33. The van der Waals surface area contributed by atoms with Crippen LogP contribution in [0.1, 0.15) is 18.5 Å². The summed E-state index contributed by atoms with van der Waals surface area (Å²) in [5, 5.41) is 2.80. The van der Waals surface area contributed by atoms with E-state index in [1.807, 2.05) is 31.2 Å². The molecule has 82 valence electrons. The van der Waals surface area contributed by atoms with Gasteiger partial charge in [0.1, 0.15) is 6.61 Å². The van der Waals surface area contributed by atoms with E-state index >= 15 is 0 Å². The van der Waals surface area contributed by atoms with Gasteiger partial charge in [0.15, 0.2) is 0 Å². The molecule has 4 nitrogen and oxygen atoms in total. The van der Waals surface area contributed by atoms with E-state index in [9.17, 15) is 4.79 Å². The van der Waals surface area contributed by atoms with Gasteiger partial charge in [0.05, 0.1) is 6.04 Å². The van der Waals surface area contributed by atoms with Gasteiger partial charge in [-0.3, -0.25) is 4.79 Å². The number of carbonyl (C=O) groups is 1. The van der Waals surface area contributed by atoms with Crippen LogP contribution in [0.3, 0.4) is 0 Å². The molecule has 1 rings (SSSR count). The van der Waals surface area contributed by atoms with Gasteiger partial charge < -0.3 is 15.8 Å². The van der Waals surface area contributed by atoms with Crippen LogP contribution >= 0.6 is 0 Å². The molecule has 0 aliphatic heterocycles. The molecular formula is C11H16N2O2. The van der Waals surface area contributed by atoms with Crippen LogP contribution in [-0.4, -0.2) is 19.6 Å². The van der Waals surface area contributed by atoms with Gasteiger partial charge >= 0.3 is 0 Å². The standard InChI is InChI=1S/C11H16N2O2/c1-8(13-11(14)7-15-2)9-4-3-5-10(12)6-9/h3-6,8H,7,12H2,1-2H3,(H,13,14). The molecule has 0 heterocycles. The predicted molar refractivity (Wildman–Crippen MR) is 59.3 cm³/mol. The van der Waals surface area contributed by atoms with Gasteiger partial charge in [-0.2, -0.15) is 0 Å². The molecule has 0 aliphatic carbocycles. The number of carbonyl (C=O) groups excluding carboxylic acids is 1. The first-order valence-electron chi connectivity index (χ1n) is 4.77. The molecule has 0 spiro atoms. The number of ether oxygens (including phenoxy) is 1. The summed E-state index contributed by atoms with van der Waals surface area (Å²) < 4.78 is 4.73. The fourth-order valence-electron chi connectivity index (χ4n) is 1.33. The first kappa shape index (κ1) is 11.5. The van der Waals surface area contributed by atoms with Crippen molar-refractivity contribution in [3.8, 4) is 0 Å². The lowest BCUT2D eigenvalue weighted by atomic mass is 10.1. The van der Waals surface area contributed by atoms with Crippen molar-refractivity contribution in [2.24, 2.45) is 0 Å². The summed E-state index contributed by atoms with van der Waals surface area (Å²) in [7, 11) is 1.49. The normalized spacial score (nSPS) is 12.1. The van der Waals surface area contributed by atoms with Crippen LogP contribution in [0.5, 0.6) is 0 Å². The molecule has 1 amide bonds. The molecule has 3 N–H and O–H groups in total. The van der Waals surface area contributed by atoms with Crippen molar-refractivity contribution in [1.29, 1.82) is 0 Å². The second-order valence-electron chi connectivity index (χ2n) is 3.39. The van der Waals surface area contributed by atoms with Crippen molar-refractivity contribution >= 4 is 11.6 Å². The fraction of sp³-hybridized carbons (Fsp3) is 0.364. The van der Waals surface area contributed by atoms with Gasteiger partial charge in [0, 0.05) is 12.8 Å². The van der Waals surface area contributed by atoms with Crippen molar-refractivity contribution in [3.63, 3.8) is 0 Å².